The predicted octanol–water partition coefficient (Wildman–Crippen LogP) is 4.37. The first-order valence-electron chi connectivity index (χ1n) is 12.9. The Morgan fingerprint density at radius 1 is 1.07 bits per heavy atom. The fourth-order valence-corrected chi connectivity index (χ4v) is 7.29. The fraction of sp³-hybridized carbons (Fsp3) is 0.286. The number of imidazole rings is 1. The Morgan fingerprint density at radius 2 is 1.81 bits per heavy atom. The zero-order valence-corrected chi connectivity index (χ0v) is 23.2. The van der Waals surface area contributed by atoms with Gasteiger partial charge in [-0.25, -0.2) is 22.5 Å². The van der Waals surface area contributed by atoms with Crippen molar-refractivity contribution in [1.82, 2.24) is 28.6 Å². The van der Waals surface area contributed by atoms with Crippen molar-refractivity contribution in [2.45, 2.75) is 31.0 Å². The molecule has 1 unspecified atom stereocenters. The third-order valence-electron chi connectivity index (χ3n) is 7.99. The summed E-state index contributed by atoms with van der Waals surface area (Å²) in [7, 11) is -2.57. The van der Waals surface area contributed by atoms with Gasteiger partial charge in [-0.2, -0.15) is 22.6 Å². The smallest absolute Gasteiger partial charge is 0.321 e. The van der Waals surface area contributed by atoms with E-state index in [0.29, 0.717) is 34.4 Å². The highest BCUT2D eigenvalue weighted by Crippen LogP contribution is 2.47. The van der Waals surface area contributed by atoms with Crippen LogP contribution in [-0.4, -0.2) is 55.9 Å². The van der Waals surface area contributed by atoms with Gasteiger partial charge in [0.1, 0.15) is 17.3 Å². The van der Waals surface area contributed by atoms with Gasteiger partial charge in [0.25, 0.3) is 10.0 Å². The molecule has 6 rings (SSSR count). The lowest BCUT2D eigenvalue weighted by Crippen LogP contribution is -2.53. The molecule has 1 aliphatic heterocycles. The van der Waals surface area contributed by atoms with Gasteiger partial charge in [0.15, 0.2) is 10.8 Å². The minimum absolute atomic E-state index is 0.0252. The minimum Gasteiger partial charge on any atom is -0.321 e. The standard InChI is InChI=1S/C28H24F4N6O3S/c1-17-34-15-25(36(17)2)42(40,41)37-10-8-19-12-24-18(14-35-38(24)22-5-3-21(29)4-6-22)13-27(19,16-37)26(39)23-11-20(7-9-33-23)28(30,31)32/h3-7,9,11-12,14-15H,8,10,13,16H2,1-2H3. The molecule has 0 amide bonds. The Balaban J connectivity index is 1.48. The number of hydrogen-bond donors (Lipinski definition) is 0. The Morgan fingerprint density at radius 3 is 2.48 bits per heavy atom. The molecule has 3 aromatic heterocycles. The van der Waals surface area contributed by atoms with Crippen molar-refractivity contribution in [3.63, 3.8) is 0 Å². The van der Waals surface area contributed by atoms with E-state index in [1.807, 2.05) is 0 Å². The number of Topliss-reactive ketones (excluding diaryl/α,β-unsaturated/α-hetero) is 1. The largest absolute Gasteiger partial charge is 0.416 e. The van der Waals surface area contributed by atoms with Crippen LogP contribution in [0.25, 0.3) is 11.8 Å². The Labute approximate surface area is 238 Å². The third kappa shape index (κ3) is 4.45. The SMILES string of the molecule is Cc1ncc(S(=O)(=O)N2CCC3=Cc4c(cnn4-c4ccc(F)cc4)CC3(C(=O)c3cc(C(F)(F)F)ccn3)C2)n1C. The maximum Gasteiger partial charge on any atom is 0.416 e. The van der Waals surface area contributed by atoms with E-state index in [1.54, 1.807) is 36.9 Å². The number of nitrogens with zero attached hydrogens (tertiary/aromatic N) is 6. The summed E-state index contributed by atoms with van der Waals surface area (Å²) >= 11 is 0. The zero-order chi connectivity index (χ0) is 30.0. The summed E-state index contributed by atoms with van der Waals surface area (Å²) in [4.78, 5) is 22.3. The molecule has 218 valence electrons. The molecular weight excluding hydrogens is 576 g/mol. The number of pyridine rings is 1. The van der Waals surface area contributed by atoms with Gasteiger partial charge in [0.2, 0.25) is 0 Å². The Bertz CT molecular complexity index is 1860. The molecule has 1 aromatic carbocycles. The number of fused-ring (bicyclic) bond motifs is 2. The predicted molar refractivity (Wildman–Crippen MR) is 143 cm³/mol. The van der Waals surface area contributed by atoms with E-state index in [1.165, 1.54) is 33.4 Å². The number of aromatic nitrogens is 5. The van der Waals surface area contributed by atoms with Crippen molar-refractivity contribution in [1.29, 1.82) is 0 Å². The molecule has 0 spiro atoms. The number of rotatable bonds is 5. The van der Waals surface area contributed by atoms with Gasteiger partial charge in [0, 0.05) is 26.3 Å². The van der Waals surface area contributed by atoms with Crippen LogP contribution in [0.2, 0.25) is 0 Å². The second-order valence-corrected chi connectivity index (χ2v) is 12.3. The summed E-state index contributed by atoms with van der Waals surface area (Å²) in [5.41, 5.74) is -0.667. The molecule has 1 fully saturated rings. The average molecular weight is 601 g/mol. The molecule has 14 heteroatoms. The lowest BCUT2D eigenvalue weighted by atomic mass is 9.65. The van der Waals surface area contributed by atoms with Crippen LogP contribution in [0.4, 0.5) is 17.6 Å². The van der Waals surface area contributed by atoms with E-state index in [0.717, 1.165) is 12.3 Å². The second kappa shape index (κ2) is 9.70. The molecule has 2 aliphatic rings. The molecule has 0 saturated carbocycles. The van der Waals surface area contributed by atoms with Gasteiger partial charge < -0.3 is 4.57 Å². The molecule has 1 saturated heterocycles. The van der Waals surface area contributed by atoms with Gasteiger partial charge in [-0.15, -0.1) is 0 Å². The molecule has 1 atom stereocenters. The maximum atomic E-state index is 14.3. The zero-order valence-electron chi connectivity index (χ0n) is 22.4. The van der Waals surface area contributed by atoms with Gasteiger partial charge in [0.05, 0.1) is 34.8 Å². The fourth-order valence-electron chi connectivity index (χ4n) is 5.64. The molecule has 0 bridgehead atoms. The first kappa shape index (κ1) is 28.0. The van der Waals surface area contributed by atoms with Crippen LogP contribution in [-0.2, 0) is 29.7 Å². The average Bonchev–Trinajstić information content (AvgIpc) is 3.53. The highest BCUT2D eigenvalue weighted by atomic mass is 32.2. The van der Waals surface area contributed by atoms with Gasteiger partial charge in [-0.3, -0.25) is 9.78 Å². The number of ketones is 1. The Hall–Kier alpha value is -4.17. The number of carbonyl (C=O) groups is 1. The van der Waals surface area contributed by atoms with Crippen molar-refractivity contribution in [3.05, 3.63) is 94.7 Å². The normalized spacial score (nSPS) is 19.2. The Kier molecular flexibility index (Phi) is 6.46. The van der Waals surface area contributed by atoms with Crippen LogP contribution in [0.3, 0.4) is 0 Å². The van der Waals surface area contributed by atoms with Crippen molar-refractivity contribution in [3.8, 4) is 5.69 Å². The van der Waals surface area contributed by atoms with Crippen LogP contribution < -0.4 is 0 Å². The molecule has 9 nitrogen and oxygen atoms in total. The van der Waals surface area contributed by atoms with Gasteiger partial charge in [-0.1, -0.05) is 5.57 Å². The lowest BCUT2D eigenvalue weighted by Gasteiger charge is -2.44. The van der Waals surface area contributed by atoms with E-state index in [2.05, 4.69) is 15.1 Å². The number of hydrogen-bond acceptors (Lipinski definition) is 6. The van der Waals surface area contributed by atoms with Crippen LogP contribution in [0.15, 0.2) is 65.6 Å². The summed E-state index contributed by atoms with van der Waals surface area (Å²) in [5.74, 6) is -0.671. The number of sulfonamides is 1. The van der Waals surface area contributed by atoms with Gasteiger partial charge in [-0.05, 0) is 67.8 Å². The van der Waals surface area contributed by atoms with Crippen LogP contribution in [0, 0.1) is 18.2 Å². The molecule has 4 aromatic rings. The van der Waals surface area contributed by atoms with Crippen LogP contribution >= 0.6 is 0 Å². The number of halogens is 4. The summed E-state index contributed by atoms with van der Waals surface area (Å²) in [6.07, 6.45) is 0.829. The van der Waals surface area contributed by atoms with E-state index >= 15 is 0 Å². The molecule has 4 heterocycles. The molecule has 1 aliphatic carbocycles. The lowest BCUT2D eigenvalue weighted by molar-refractivity contribution is -0.137. The monoisotopic (exact) mass is 600 g/mol. The second-order valence-electron chi connectivity index (χ2n) is 10.4. The van der Waals surface area contributed by atoms with E-state index in [-0.39, 0.29) is 31.0 Å². The summed E-state index contributed by atoms with van der Waals surface area (Å²) < 4.78 is 86.0. The van der Waals surface area contributed by atoms with Crippen molar-refractivity contribution in [2.24, 2.45) is 12.5 Å². The first-order valence-corrected chi connectivity index (χ1v) is 14.4. The first-order chi connectivity index (χ1) is 19.8. The number of alkyl halides is 3. The molecule has 42 heavy (non-hydrogen) atoms. The topological polar surface area (TPSA) is 103 Å². The van der Waals surface area contributed by atoms with E-state index < -0.39 is 44.5 Å². The van der Waals surface area contributed by atoms with Crippen molar-refractivity contribution in [2.75, 3.05) is 13.1 Å². The van der Waals surface area contributed by atoms with Crippen LogP contribution in [0.5, 0.6) is 0 Å². The summed E-state index contributed by atoms with van der Waals surface area (Å²) in [5, 5.41) is 4.36. The van der Waals surface area contributed by atoms with E-state index in [9.17, 15) is 30.8 Å². The number of aryl methyl sites for hydroxylation is 1. The number of piperidine rings is 1. The van der Waals surface area contributed by atoms with E-state index in [4.69, 9.17) is 0 Å². The maximum absolute atomic E-state index is 14.3. The molecule has 0 N–H and O–H groups in total. The number of benzene rings is 1. The number of carbonyl (C=O) groups excluding carboxylic acids is 1. The van der Waals surface area contributed by atoms with Crippen LogP contribution in [0.1, 0.15) is 39.6 Å². The minimum atomic E-state index is -4.70. The van der Waals surface area contributed by atoms with Gasteiger partial charge >= 0.3 is 6.18 Å². The highest BCUT2D eigenvalue weighted by Gasteiger charge is 2.52. The quantitative estimate of drug-likeness (QED) is 0.249. The molecule has 0 radical (unpaired) electrons. The third-order valence-corrected chi connectivity index (χ3v) is 9.89. The summed E-state index contributed by atoms with van der Waals surface area (Å²) in [6.45, 7) is 1.37. The molecular formula is C28H24F4N6O3S. The summed E-state index contributed by atoms with van der Waals surface area (Å²) in [6, 6.07) is 7.15. The van der Waals surface area contributed by atoms with Crippen molar-refractivity contribution >= 4 is 21.9 Å². The van der Waals surface area contributed by atoms with Crippen molar-refractivity contribution < 1.29 is 30.8 Å². The highest BCUT2D eigenvalue weighted by molar-refractivity contribution is 7.89.